The molecule has 0 radical (unpaired) electrons. The minimum Gasteiger partial charge on any atom is -0.481 e. The Balaban J connectivity index is 1.62. The van der Waals surface area contributed by atoms with Gasteiger partial charge in [0, 0.05) is 12.6 Å². The normalized spacial score (nSPS) is 27.5. The molecule has 1 saturated heterocycles. The highest BCUT2D eigenvalue weighted by Gasteiger charge is 2.33. The number of urea groups is 1. The fourth-order valence-electron chi connectivity index (χ4n) is 3.39. The van der Waals surface area contributed by atoms with E-state index in [4.69, 9.17) is 5.11 Å². The van der Waals surface area contributed by atoms with Gasteiger partial charge in [-0.15, -0.1) is 0 Å². The number of rotatable bonds is 5. The fraction of sp³-hybridized carbons (Fsp3) is 0.867. The zero-order valence-electron chi connectivity index (χ0n) is 12.8. The van der Waals surface area contributed by atoms with E-state index in [0.29, 0.717) is 18.9 Å². The van der Waals surface area contributed by atoms with E-state index in [1.807, 2.05) is 0 Å². The number of hydrogen-bond donors (Lipinski definition) is 3. The molecule has 21 heavy (non-hydrogen) atoms. The van der Waals surface area contributed by atoms with Gasteiger partial charge in [-0.05, 0) is 58.2 Å². The number of hydrogen-bond acceptors (Lipinski definition) is 3. The Morgan fingerprint density at radius 3 is 2.57 bits per heavy atom. The summed E-state index contributed by atoms with van der Waals surface area (Å²) in [4.78, 5) is 25.2. The Morgan fingerprint density at radius 1 is 1.19 bits per heavy atom. The van der Waals surface area contributed by atoms with Crippen LogP contribution >= 0.6 is 0 Å². The van der Waals surface area contributed by atoms with Gasteiger partial charge in [-0.2, -0.15) is 0 Å². The number of carboxylic acids is 1. The topological polar surface area (TPSA) is 81.7 Å². The van der Waals surface area contributed by atoms with Gasteiger partial charge in [-0.3, -0.25) is 4.79 Å². The molecule has 1 aliphatic heterocycles. The maximum atomic E-state index is 11.8. The summed E-state index contributed by atoms with van der Waals surface area (Å²) in [6, 6.07) is -0.438. The molecule has 2 amide bonds. The van der Waals surface area contributed by atoms with E-state index in [-0.39, 0.29) is 12.1 Å². The molecule has 0 bridgehead atoms. The maximum Gasteiger partial charge on any atom is 0.315 e. The number of piperidine rings is 1. The molecule has 3 N–H and O–H groups in total. The molecule has 6 heteroatoms. The summed E-state index contributed by atoms with van der Waals surface area (Å²) in [7, 11) is 2.14. The van der Waals surface area contributed by atoms with Crippen LogP contribution in [0.4, 0.5) is 4.79 Å². The lowest BCUT2D eigenvalue weighted by Gasteiger charge is -2.29. The molecule has 1 heterocycles. The highest BCUT2D eigenvalue weighted by Crippen LogP contribution is 2.25. The minimum absolute atomic E-state index is 0.217. The van der Waals surface area contributed by atoms with Gasteiger partial charge >= 0.3 is 12.0 Å². The molecule has 2 unspecified atom stereocenters. The Morgan fingerprint density at radius 2 is 1.90 bits per heavy atom. The van der Waals surface area contributed by atoms with Gasteiger partial charge in [0.05, 0.1) is 5.92 Å². The van der Waals surface area contributed by atoms with Crippen molar-refractivity contribution in [3.63, 3.8) is 0 Å². The van der Waals surface area contributed by atoms with Crippen LogP contribution < -0.4 is 10.6 Å². The van der Waals surface area contributed by atoms with E-state index >= 15 is 0 Å². The van der Waals surface area contributed by atoms with E-state index in [2.05, 4.69) is 22.6 Å². The van der Waals surface area contributed by atoms with Crippen molar-refractivity contribution in [1.82, 2.24) is 15.5 Å². The zero-order chi connectivity index (χ0) is 15.2. The first-order chi connectivity index (χ1) is 10.1. The second-order valence-electron chi connectivity index (χ2n) is 6.42. The van der Waals surface area contributed by atoms with Crippen molar-refractivity contribution in [2.24, 2.45) is 11.8 Å². The molecule has 1 saturated carbocycles. The molecule has 120 valence electrons. The van der Waals surface area contributed by atoms with Crippen LogP contribution in [0.25, 0.3) is 0 Å². The largest absolute Gasteiger partial charge is 0.481 e. The average molecular weight is 297 g/mol. The summed E-state index contributed by atoms with van der Waals surface area (Å²) in [6.45, 7) is 2.95. The summed E-state index contributed by atoms with van der Waals surface area (Å²) in [5.41, 5.74) is 0. The maximum absolute atomic E-state index is 11.8. The molecule has 2 rings (SSSR count). The van der Waals surface area contributed by atoms with E-state index in [1.165, 1.54) is 12.8 Å². The monoisotopic (exact) mass is 297 g/mol. The SMILES string of the molecule is CN1CCC(CCNC(=O)NC2CCCC2C(=O)O)CC1. The molecule has 6 nitrogen and oxygen atoms in total. The highest BCUT2D eigenvalue weighted by molar-refractivity contribution is 5.76. The zero-order valence-corrected chi connectivity index (χ0v) is 12.8. The Bertz CT molecular complexity index is 367. The van der Waals surface area contributed by atoms with E-state index in [1.54, 1.807) is 0 Å². The standard InChI is InChI=1S/C15H27N3O3/c1-18-9-6-11(7-10-18)5-8-16-15(21)17-13-4-2-3-12(13)14(19)20/h11-13H,2-10H2,1H3,(H,19,20)(H2,16,17,21). The molecule has 2 aliphatic rings. The second-order valence-corrected chi connectivity index (χ2v) is 6.42. The van der Waals surface area contributed by atoms with Crippen LogP contribution in [0.1, 0.15) is 38.5 Å². The third kappa shape index (κ3) is 4.88. The number of nitrogens with zero attached hydrogens (tertiary/aromatic N) is 1. The molecule has 0 aromatic rings. The molecule has 1 aliphatic carbocycles. The van der Waals surface area contributed by atoms with Crippen molar-refractivity contribution in [2.75, 3.05) is 26.7 Å². The van der Waals surface area contributed by atoms with Crippen molar-refractivity contribution in [2.45, 2.75) is 44.6 Å². The van der Waals surface area contributed by atoms with E-state index in [0.717, 1.165) is 32.4 Å². The third-order valence-corrected chi connectivity index (χ3v) is 4.83. The van der Waals surface area contributed by atoms with Gasteiger partial charge in [0.1, 0.15) is 0 Å². The summed E-state index contributed by atoms with van der Waals surface area (Å²) in [6.07, 6.45) is 5.70. The number of likely N-dealkylation sites (tertiary alicyclic amines) is 1. The summed E-state index contributed by atoms with van der Waals surface area (Å²) in [5.74, 6) is -0.534. The Labute approximate surface area is 126 Å². The van der Waals surface area contributed by atoms with Crippen LogP contribution in [-0.4, -0.2) is 54.7 Å². The molecular formula is C15H27N3O3. The summed E-state index contributed by atoms with van der Waals surface area (Å²) >= 11 is 0. The van der Waals surface area contributed by atoms with Crippen molar-refractivity contribution in [1.29, 1.82) is 0 Å². The number of carbonyl (C=O) groups is 2. The van der Waals surface area contributed by atoms with Gasteiger partial charge in [-0.25, -0.2) is 4.79 Å². The second kappa shape index (κ2) is 7.64. The number of carboxylic acid groups (broad SMARTS) is 1. The molecule has 0 aromatic carbocycles. The smallest absolute Gasteiger partial charge is 0.315 e. The van der Waals surface area contributed by atoms with Crippen molar-refractivity contribution >= 4 is 12.0 Å². The van der Waals surface area contributed by atoms with Crippen LogP contribution in [0.15, 0.2) is 0 Å². The van der Waals surface area contributed by atoms with Gasteiger partial charge in [0.2, 0.25) is 0 Å². The summed E-state index contributed by atoms with van der Waals surface area (Å²) in [5, 5.41) is 14.8. The van der Waals surface area contributed by atoms with Gasteiger partial charge < -0.3 is 20.6 Å². The average Bonchev–Trinajstić information content (AvgIpc) is 2.89. The first-order valence-electron chi connectivity index (χ1n) is 8.02. The van der Waals surface area contributed by atoms with E-state index < -0.39 is 11.9 Å². The minimum atomic E-state index is -0.802. The van der Waals surface area contributed by atoms with Crippen LogP contribution in [-0.2, 0) is 4.79 Å². The van der Waals surface area contributed by atoms with Crippen molar-refractivity contribution < 1.29 is 14.7 Å². The van der Waals surface area contributed by atoms with Crippen LogP contribution in [0.5, 0.6) is 0 Å². The van der Waals surface area contributed by atoms with E-state index in [9.17, 15) is 9.59 Å². The first-order valence-corrected chi connectivity index (χ1v) is 8.02. The van der Waals surface area contributed by atoms with Crippen LogP contribution in [0, 0.1) is 11.8 Å². The predicted octanol–water partition coefficient (Wildman–Crippen LogP) is 1.27. The van der Waals surface area contributed by atoms with Crippen LogP contribution in [0.3, 0.4) is 0 Å². The Hall–Kier alpha value is -1.30. The van der Waals surface area contributed by atoms with Crippen LogP contribution in [0.2, 0.25) is 0 Å². The number of nitrogens with one attached hydrogen (secondary N) is 2. The lowest BCUT2D eigenvalue weighted by Crippen LogP contribution is -2.45. The van der Waals surface area contributed by atoms with Gasteiger partial charge in [-0.1, -0.05) is 6.42 Å². The fourth-order valence-corrected chi connectivity index (χ4v) is 3.39. The summed E-state index contributed by atoms with van der Waals surface area (Å²) < 4.78 is 0. The van der Waals surface area contributed by atoms with Gasteiger partial charge in [0.25, 0.3) is 0 Å². The molecule has 2 fully saturated rings. The number of aliphatic carboxylic acids is 1. The van der Waals surface area contributed by atoms with Gasteiger partial charge in [0.15, 0.2) is 0 Å². The molecular weight excluding hydrogens is 270 g/mol. The predicted molar refractivity (Wildman–Crippen MR) is 80.1 cm³/mol. The lowest BCUT2D eigenvalue weighted by molar-refractivity contribution is -0.142. The lowest BCUT2D eigenvalue weighted by atomic mass is 9.94. The third-order valence-electron chi connectivity index (χ3n) is 4.83. The number of carbonyl (C=O) groups excluding carboxylic acids is 1. The highest BCUT2D eigenvalue weighted by atomic mass is 16.4. The quantitative estimate of drug-likeness (QED) is 0.714. The van der Waals surface area contributed by atoms with Crippen molar-refractivity contribution in [3.8, 4) is 0 Å². The number of amides is 2. The molecule has 0 spiro atoms. The van der Waals surface area contributed by atoms with Crippen molar-refractivity contribution in [3.05, 3.63) is 0 Å². The molecule has 2 atom stereocenters. The molecule has 0 aromatic heterocycles. The Kier molecular flexibility index (Phi) is 5.85. The first kappa shape index (κ1) is 16.1.